The van der Waals surface area contributed by atoms with E-state index in [-0.39, 0.29) is 11.4 Å². The van der Waals surface area contributed by atoms with Crippen molar-refractivity contribution in [2.75, 3.05) is 6.54 Å². The number of aliphatic imine (C=N–C) groups is 2. The minimum absolute atomic E-state index is 0.0651. The van der Waals surface area contributed by atoms with E-state index in [9.17, 15) is 8.78 Å². The Balaban J connectivity index is 1.39. The van der Waals surface area contributed by atoms with Gasteiger partial charge in [-0.15, -0.1) is 0 Å². The van der Waals surface area contributed by atoms with Crippen LogP contribution < -0.4 is 0 Å². The van der Waals surface area contributed by atoms with Gasteiger partial charge >= 0.3 is 0 Å². The quantitative estimate of drug-likeness (QED) is 0.513. The van der Waals surface area contributed by atoms with Crippen LogP contribution in [0, 0.1) is 11.6 Å². The maximum atomic E-state index is 14.3. The fourth-order valence-electron chi connectivity index (χ4n) is 4.18. The number of rotatable bonds is 4. The molecule has 0 radical (unpaired) electrons. The second-order valence-electron chi connectivity index (χ2n) is 8.17. The maximum absolute atomic E-state index is 14.3. The molecule has 1 atom stereocenters. The van der Waals surface area contributed by atoms with E-state index >= 15 is 0 Å². The first-order valence-corrected chi connectivity index (χ1v) is 10.5. The number of nitrogens with zero attached hydrogens (tertiary/aromatic N) is 4. The van der Waals surface area contributed by atoms with E-state index in [1.807, 2.05) is 38.2 Å². The van der Waals surface area contributed by atoms with E-state index in [1.54, 1.807) is 12.1 Å². The molecule has 8 heteroatoms. The number of halogens is 3. The summed E-state index contributed by atoms with van der Waals surface area (Å²) in [6.45, 7) is 4.88. The topological polar surface area (TPSA) is 54.0 Å². The fraction of sp³-hybridized carbons (Fsp3) is 0.208. The molecule has 3 heterocycles. The van der Waals surface area contributed by atoms with E-state index in [1.165, 1.54) is 12.1 Å². The molecule has 2 aromatic carbocycles. The summed E-state index contributed by atoms with van der Waals surface area (Å²) in [6, 6.07) is 13.3. The largest absolute Gasteiger partial charge is 0.367 e. The minimum atomic E-state index is -0.937. The zero-order chi connectivity index (χ0) is 22.5. The van der Waals surface area contributed by atoms with Gasteiger partial charge in [0.1, 0.15) is 11.2 Å². The lowest BCUT2D eigenvalue weighted by Crippen LogP contribution is -2.46. The molecular weight excluding hydrogens is 434 g/mol. The van der Waals surface area contributed by atoms with Crippen LogP contribution in [-0.2, 0) is 6.54 Å². The third kappa shape index (κ3) is 3.62. The Morgan fingerprint density at radius 1 is 1.16 bits per heavy atom. The van der Waals surface area contributed by atoms with E-state index in [4.69, 9.17) is 16.1 Å². The van der Waals surface area contributed by atoms with Gasteiger partial charge in [0.2, 0.25) is 0 Å². The number of hydrogen-bond acceptors (Lipinski definition) is 5. The molecule has 0 bridgehead atoms. The normalized spacial score (nSPS) is 20.0. The standard InChI is InChI=1S/C24H19ClF2N4O/c1-14-11-31(12-17-10-20(30-32-17)15-6-8-16(25)9-7-15)13-24(2)22(14)28-23(29-24)18-4-3-5-19(26)21(18)27/h3-11H,12-13H2,1-2H3. The number of amidine groups is 1. The molecule has 5 rings (SSSR count). The van der Waals surface area contributed by atoms with Gasteiger partial charge in [0.05, 0.1) is 17.8 Å². The number of aromatic nitrogens is 1. The van der Waals surface area contributed by atoms with Crippen LogP contribution in [0.1, 0.15) is 25.2 Å². The van der Waals surface area contributed by atoms with Crippen LogP contribution in [0.15, 0.2) is 74.8 Å². The van der Waals surface area contributed by atoms with Gasteiger partial charge in [-0.25, -0.2) is 13.8 Å². The first kappa shape index (κ1) is 20.6. The van der Waals surface area contributed by atoms with Crippen molar-refractivity contribution in [2.45, 2.75) is 25.9 Å². The molecule has 5 nitrogen and oxygen atoms in total. The van der Waals surface area contributed by atoms with Gasteiger partial charge in [-0.3, -0.25) is 4.99 Å². The van der Waals surface area contributed by atoms with E-state index in [2.05, 4.69) is 20.0 Å². The Kier molecular flexibility index (Phi) is 4.93. The highest BCUT2D eigenvalue weighted by Crippen LogP contribution is 2.33. The third-order valence-corrected chi connectivity index (χ3v) is 5.84. The average molecular weight is 453 g/mol. The smallest absolute Gasteiger partial charge is 0.169 e. The van der Waals surface area contributed by atoms with Gasteiger partial charge in [-0.1, -0.05) is 35.0 Å². The zero-order valence-corrected chi connectivity index (χ0v) is 18.2. The Hall–Kier alpha value is -3.32. The predicted molar refractivity (Wildman–Crippen MR) is 120 cm³/mol. The van der Waals surface area contributed by atoms with E-state index in [0.29, 0.717) is 23.9 Å². The van der Waals surface area contributed by atoms with Gasteiger partial charge in [-0.2, -0.15) is 0 Å². The van der Waals surface area contributed by atoms with Gasteiger partial charge in [0.15, 0.2) is 23.2 Å². The molecule has 0 spiro atoms. The van der Waals surface area contributed by atoms with Crippen molar-refractivity contribution in [1.29, 1.82) is 0 Å². The summed E-state index contributed by atoms with van der Waals surface area (Å²) in [5, 5.41) is 4.82. The van der Waals surface area contributed by atoms with Crippen molar-refractivity contribution >= 4 is 23.1 Å². The first-order valence-electron chi connectivity index (χ1n) is 10.1. The molecule has 1 aromatic heterocycles. The highest BCUT2D eigenvalue weighted by molar-refractivity contribution is 6.30. The van der Waals surface area contributed by atoms with Crippen LogP contribution in [-0.4, -0.2) is 33.7 Å². The minimum Gasteiger partial charge on any atom is -0.367 e. The van der Waals surface area contributed by atoms with Gasteiger partial charge in [0, 0.05) is 29.4 Å². The molecule has 1 unspecified atom stereocenters. The summed E-state index contributed by atoms with van der Waals surface area (Å²) in [5.74, 6) is -0.950. The lowest BCUT2D eigenvalue weighted by molar-refractivity contribution is 0.270. The summed E-state index contributed by atoms with van der Waals surface area (Å²) in [5.41, 5.74) is 2.70. The highest BCUT2D eigenvalue weighted by atomic mass is 35.5. The third-order valence-electron chi connectivity index (χ3n) is 5.59. The van der Waals surface area contributed by atoms with Crippen LogP contribution in [0.5, 0.6) is 0 Å². The lowest BCUT2D eigenvalue weighted by atomic mass is 9.89. The Morgan fingerprint density at radius 2 is 1.94 bits per heavy atom. The van der Waals surface area contributed by atoms with Crippen molar-refractivity contribution in [3.05, 3.63) is 88.3 Å². The molecule has 0 N–H and O–H groups in total. The summed E-state index contributed by atoms with van der Waals surface area (Å²) in [7, 11) is 0. The fourth-order valence-corrected chi connectivity index (χ4v) is 4.31. The molecule has 0 aliphatic carbocycles. The Bertz CT molecular complexity index is 1300. The van der Waals surface area contributed by atoms with Crippen molar-refractivity contribution in [2.24, 2.45) is 9.98 Å². The molecule has 32 heavy (non-hydrogen) atoms. The van der Waals surface area contributed by atoms with Crippen molar-refractivity contribution in [1.82, 2.24) is 10.1 Å². The van der Waals surface area contributed by atoms with Gasteiger partial charge < -0.3 is 9.42 Å². The molecular formula is C24H19ClF2N4O. The summed E-state index contributed by atoms with van der Waals surface area (Å²) < 4.78 is 33.5. The van der Waals surface area contributed by atoms with Crippen LogP contribution >= 0.6 is 11.6 Å². The summed E-state index contributed by atoms with van der Waals surface area (Å²) in [6.07, 6.45) is 1.98. The molecule has 0 saturated heterocycles. The van der Waals surface area contributed by atoms with Crippen molar-refractivity contribution < 1.29 is 13.3 Å². The number of benzene rings is 2. The van der Waals surface area contributed by atoms with Crippen LogP contribution in [0.3, 0.4) is 0 Å². The zero-order valence-electron chi connectivity index (χ0n) is 17.4. The molecule has 0 fully saturated rings. The van der Waals surface area contributed by atoms with Gasteiger partial charge in [-0.05, 0) is 43.7 Å². The monoisotopic (exact) mass is 452 g/mol. The molecule has 0 amide bonds. The van der Waals surface area contributed by atoms with Crippen LogP contribution in [0.2, 0.25) is 5.02 Å². The van der Waals surface area contributed by atoms with E-state index < -0.39 is 17.2 Å². The number of fused-ring (bicyclic) bond motifs is 1. The SMILES string of the molecule is CC1=CN(Cc2cc(-c3ccc(Cl)cc3)no2)CC2(C)N=C(c3cccc(F)c3F)N=C12. The van der Waals surface area contributed by atoms with Crippen LogP contribution in [0.25, 0.3) is 11.3 Å². The highest BCUT2D eigenvalue weighted by Gasteiger charge is 2.41. The molecule has 2 aliphatic heterocycles. The van der Waals surface area contributed by atoms with Gasteiger partial charge in [0.25, 0.3) is 0 Å². The lowest BCUT2D eigenvalue weighted by Gasteiger charge is -2.35. The molecule has 2 aliphatic rings. The Morgan fingerprint density at radius 3 is 2.72 bits per heavy atom. The van der Waals surface area contributed by atoms with Crippen LogP contribution in [0.4, 0.5) is 8.78 Å². The average Bonchev–Trinajstić information content (AvgIpc) is 3.35. The van der Waals surface area contributed by atoms with Crippen molar-refractivity contribution in [3.8, 4) is 11.3 Å². The molecule has 162 valence electrons. The molecule has 3 aromatic rings. The number of hydrogen-bond donors (Lipinski definition) is 0. The summed E-state index contributed by atoms with van der Waals surface area (Å²) >= 11 is 5.95. The van der Waals surface area contributed by atoms with Crippen molar-refractivity contribution in [3.63, 3.8) is 0 Å². The predicted octanol–water partition coefficient (Wildman–Crippen LogP) is 5.65. The second-order valence-corrected chi connectivity index (χ2v) is 8.61. The summed E-state index contributed by atoms with van der Waals surface area (Å²) in [4.78, 5) is 11.3. The molecule has 0 saturated carbocycles. The second kappa shape index (κ2) is 7.67. The first-order chi connectivity index (χ1) is 15.3. The maximum Gasteiger partial charge on any atom is 0.169 e. The van der Waals surface area contributed by atoms with E-state index in [0.717, 1.165) is 28.6 Å². The Labute approximate surface area is 188 Å².